The lowest BCUT2D eigenvalue weighted by Gasteiger charge is -2.08. The molecule has 0 fully saturated rings. The van der Waals surface area contributed by atoms with Gasteiger partial charge in [-0.05, 0) is 37.7 Å². The summed E-state index contributed by atoms with van der Waals surface area (Å²) >= 11 is 1.14. The van der Waals surface area contributed by atoms with E-state index in [0.717, 1.165) is 11.8 Å². The molecule has 2 heterocycles. The first-order valence-corrected chi connectivity index (χ1v) is 6.36. The molecule has 0 unspecified atom stereocenters. The summed E-state index contributed by atoms with van der Waals surface area (Å²) in [5.41, 5.74) is -0.342. The van der Waals surface area contributed by atoms with Gasteiger partial charge in [0.15, 0.2) is 5.16 Å². The highest BCUT2D eigenvalue weighted by atomic mass is 32.2. The van der Waals surface area contributed by atoms with Gasteiger partial charge in [0.05, 0.1) is 0 Å². The molecule has 8 heteroatoms. The molecule has 0 aliphatic carbocycles. The first-order valence-electron chi connectivity index (χ1n) is 5.54. The van der Waals surface area contributed by atoms with Crippen molar-refractivity contribution in [1.29, 1.82) is 0 Å². The molecule has 7 nitrogen and oxygen atoms in total. The Morgan fingerprint density at radius 2 is 2.21 bits per heavy atom. The standard InChI is InChI=1S/C11H12N4O3S/c1-6(2)15-10(18)13-14-11(15)19-8-5-3-4-7(12-8)9(16)17/h3-6H,1-2H3,(H,13,18)(H,16,17). The second kappa shape index (κ2) is 5.27. The number of nitrogens with one attached hydrogen (secondary N) is 1. The van der Waals surface area contributed by atoms with Gasteiger partial charge in [0.25, 0.3) is 0 Å². The van der Waals surface area contributed by atoms with E-state index in [1.807, 2.05) is 13.8 Å². The maximum absolute atomic E-state index is 11.6. The number of hydrogen-bond donors (Lipinski definition) is 2. The fourth-order valence-electron chi connectivity index (χ4n) is 1.50. The van der Waals surface area contributed by atoms with Crippen molar-refractivity contribution < 1.29 is 9.90 Å². The summed E-state index contributed by atoms with van der Waals surface area (Å²) in [5.74, 6) is -1.09. The zero-order valence-electron chi connectivity index (χ0n) is 10.3. The normalized spacial score (nSPS) is 10.9. The molecule has 0 saturated heterocycles. The third-order valence-electron chi connectivity index (χ3n) is 2.33. The number of nitrogens with zero attached hydrogens (tertiary/aromatic N) is 3. The van der Waals surface area contributed by atoms with Crippen molar-refractivity contribution in [2.75, 3.05) is 0 Å². The van der Waals surface area contributed by atoms with Crippen LogP contribution >= 0.6 is 11.8 Å². The van der Waals surface area contributed by atoms with Crippen molar-refractivity contribution in [1.82, 2.24) is 19.7 Å². The smallest absolute Gasteiger partial charge is 0.354 e. The number of hydrogen-bond acceptors (Lipinski definition) is 5. The summed E-state index contributed by atoms with van der Waals surface area (Å²) in [6, 6.07) is 4.63. The quantitative estimate of drug-likeness (QED) is 0.877. The summed E-state index contributed by atoms with van der Waals surface area (Å²) in [6.07, 6.45) is 0. The van der Waals surface area contributed by atoms with Gasteiger partial charge in [0.2, 0.25) is 0 Å². The van der Waals surface area contributed by atoms with E-state index in [1.165, 1.54) is 10.6 Å². The highest BCUT2D eigenvalue weighted by molar-refractivity contribution is 7.99. The highest BCUT2D eigenvalue weighted by Crippen LogP contribution is 2.24. The number of H-pyrrole nitrogens is 1. The molecule has 0 aliphatic rings. The Labute approximate surface area is 112 Å². The maximum Gasteiger partial charge on any atom is 0.354 e. The predicted molar refractivity (Wildman–Crippen MR) is 68.6 cm³/mol. The van der Waals surface area contributed by atoms with Gasteiger partial charge in [-0.3, -0.25) is 4.57 Å². The van der Waals surface area contributed by atoms with E-state index in [0.29, 0.717) is 10.2 Å². The Balaban J connectivity index is 2.34. The minimum absolute atomic E-state index is 0.0426. The molecule has 0 aliphatic heterocycles. The number of aromatic amines is 1. The third-order valence-corrected chi connectivity index (χ3v) is 3.23. The first kappa shape index (κ1) is 13.3. The lowest BCUT2D eigenvalue weighted by molar-refractivity contribution is 0.0689. The minimum Gasteiger partial charge on any atom is -0.477 e. The van der Waals surface area contributed by atoms with Gasteiger partial charge in [0, 0.05) is 6.04 Å². The van der Waals surface area contributed by atoms with E-state index in [-0.39, 0.29) is 17.4 Å². The zero-order chi connectivity index (χ0) is 14.0. The molecule has 2 aromatic rings. The molecule has 0 aromatic carbocycles. The van der Waals surface area contributed by atoms with E-state index < -0.39 is 5.97 Å². The molecule has 0 bridgehead atoms. The van der Waals surface area contributed by atoms with Crippen LogP contribution in [0, 0.1) is 0 Å². The van der Waals surface area contributed by atoms with Gasteiger partial charge in [-0.1, -0.05) is 6.07 Å². The average molecular weight is 280 g/mol. The number of carboxylic acid groups (broad SMARTS) is 1. The molecule has 19 heavy (non-hydrogen) atoms. The van der Waals surface area contributed by atoms with Crippen LogP contribution in [0.25, 0.3) is 0 Å². The van der Waals surface area contributed by atoms with Gasteiger partial charge < -0.3 is 5.11 Å². The zero-order valence-corrected chi connectivity index (χ0v) is 11.1. The Kier molecular flexibility index (Phi) is 3.70. The Hall–Kier alpha value is -2.09. The van der Waals surface area contributed by atoms with Crippen LogP contribution in [0.2, 0.25) is 0 Å². The van der Waals surface area contributed by atoms with Gasteiger partial charge >= 0.3 is 11.7 Å². The fourth-order valence-corrected chi connectivity index (χ4v) is 2.46. The number of rotatable bonds is 4. The van der Waals surface area contributed by atoms with Crippen molar-refractivity contribution >= 4 is 17.7 Å². The summed E-state index contributed by atoms with van der Waals surface area (Å²) in [6.45, 7) is 3.73. The third kappa shape index (κ3) is 2.84. The van der Waals surface area contributed by atoms with Crippen molar-refractivity contribution in [3.8, 4) is 0 Å². The van der Waals surface area contributed by atoms with Crippen LogP contribution < -0.4 is 5.69 Å². The second-order valence-corrected chi connectivity index (χ2v) is 5.03. The van der Waals surface area contributed by atoms with Crippen LogP contribution in [0.4, 0.5) is 0 Å². The molecule has 0 spiro atoms. The van der Waals surface area contributed by atoms with Crippen molar-refractivity contribution in [3.63, 3.8) is 0 Å². The van der Waals surface area contributed by atoms with E-state index in [2.05, 4.69) is 15.2 Å². The van der Waals surface area contributed by atoms with E-state index in [4.69, 9.17) is 5.11 Å². The van der Waals surface area contributed by atoms with Crippen molar-refractivity contribution in [3.05, 3.63) is 34.4 Å². The SMILES string of the molecule is CC(C)n1c(Sc2cccc(C(=O)O)n2)n[nH]c1=O. The summed E-state index contributed by atoms with van der Waals surface area (Å²) in [7, 11) is 0. The van der Waals surface area contributed by atoms with Gasteiger partial charge in [0.1, 0.15) is 10.7 Å². The largest absolute Gasteiger partial charge is 0.477 e. The molecule has 0 amide bonds. The van der Waals surface area contributed by atoms with Crippen molar-refractivity contribution in [2.45, 2.75) is 30.1 Å². The summed E-state index contributed by atoms with van der Waals surface area (Å²) in [5, 5.41) is 16.1. The number of pyridine rings is 1. The lowest BCUT2D eigenvalue weighted by atomic mass is 10.4. The summed E-state index contributed by atoms with van der Waals surface area (Å²) in [4.78, 5) is 26.4. The molecule has 0 radical (unpaired) electrons. The number of aromatic nitrogens is 4. The first-order chi connectivity index (χ1) is 8.99. The monoisotopic (exact) mass is 280 g/mol. The summed E-state index contributed by atoms with van der Waals surface area (Å²) < 4.78 is 1.49. The van der Waals surface area contributed by atoms with Crippen LogP contribution in [0.3, 0.4) is 0 Å². The van der Waals surface area contributed by atoms with Gasteiger partial charge in [-0.2, -0.15) is 0 Å². The van der Waals surface area contributed by atoms with Crippen LogP contribution in [-0.2, 0) is 0 Å². The van der Waals surface area contributed by atoms with Gasteiger partial charge in [-0.15, -0.1) is 5.10 Å². The average Bonchev–Trinajstić information content (AvgIpc) is 2.70. The molecule has 0 saturated carbocycles. The predicted octanol–water partition coefficient (Wildman–Crippen LogP) is 1.40. The second-order valence-electron chi connectivity index (χ2n) is 4.04. The molecule has 2 aromatic heterocycles. The van der Waals surface area contributed by atoms with Crippen LogP contribution in [0.1, 0.15) is 30.4 Å². The van der Waals surface area contributed by atoms with Crippen molar-refractivity contribution in [2.24, 2.45) is 0 Å². The molecular formula is C11H12N4O3S. The topological polar surface area (TPSA) is 101 Å². The van der Waals surface area contributed by atoms with E-state index in [1.54, 1.807) is 12.1 Å². The number of carbonyl (C=O) groups is 1. The van der Waals surface area contributed by atoms with Gasteiger partial charge in [-0.25, -0.2) is 19.7 Å². The lowest BCUT2D eigenvalue weighted by Crippen LogP contribution is -2.19. The fraction of sp³-hybridized carbons (Fsp3) is 0.273. The van der Waals surface area contributed by atoms with Crippen LogP contribution in [0.15, 0.2) is 33.2 Å². The Morgan fingerprint density at radius 1 is 1.47 bits per heavy atom. The van der Waals surface area contributed by atoms with Crippen LogP contribution in [0.5, 0.6) is 0 Å². The Bertz CT molecular complexity index is 662. The molecular weight excluding hydrogens is 268 g/mol. The Morgan fingerprint density at radius 3 is 2.84 bits per heavy atom. The molecule has 2 N–H and O–H groups in total. The van der Waals surface area contributed by atoms with Crippen LogP contribution in [-0.4, -0.2) is 30.8 Å². The number of aromatic carboxylic acids is 1. The molecule has 100 valence electrons. The minimum atomic E-state index is -1.09. The van der Waals surface area contributed by atoms with E-state index >= 15 is 0 Å². The molecule has 2 rings (SSSR count). The highest BCUT2D eigenvalue weighted by Gasteiger charge is 2.14. The number of carboxylic acids is 1. The van der Waals surface area contributed by atoms with E-state index in [9.17, 15) is 9.59 Å². The maximum atomic E-state index is 11.6. The molecule has 0 atom stereocenters.